The Morgan fingerprint density at radius 1 is 1.40 bits per heavy atom. The van der Waals surface area contributed by atoms with Crippen LogP contribution in [0.3, 0.4) is 0 Å². The number of nitrogen functional groups attached to an aromatic ring is 1. The number of ether oxygens (including phenoxy) is 2. The van der Waals surface area contributed by atoms with Gasteiger partial charge in [-0.1, -0.05) is 18.5 Å². The Kier molecular flexibility index (Phi) is 7.18. The summed E-state index contributed by atoms with van der Waals surface area (Å²) in [7, 11) is 1.32. The predicted molar refractivity (Wildman–Crippen MR) is 81.4 cm³/mol. The Balaban J connectivity index is 2.66. The molecule has 0 bridgehead atoms. The molecular formula is C14H21ClN2O3. The number of nitrogens with two attached hydrogens (primary N) is 1. The second-order valence-electron chi connectivity index (χ2n) is 4.31. The van der Waals surface area contributed by atoms with Crippen molar-refractivity contribution < 1.29 is 14.3 Å². The summed E-state index contributed by atoms with van der Waals surface area (Å²) in [5.41, 5.74) is 7.00. The number of methoxy groups -OCH3 is 1. The van der Waals surface area contributed by atoms with Gasteiger partial charge in [0.2, 0.25) is 0 Å². The first-order chi connectivity index (χ1) is 9.60. The van der Waals surface area contributed by atoms with Gasteiger partial charge in [-0.25, -0.2) is 4.79 Å². The first-order valence-corrected chi connectivity index (χ1v) is 6.96. The Morgan fingerprint density at radius 3 is 2.80 bits per heavy atom. The van der Waals surface area contributed by atoms with Crippen LogP contribution in [-0.2, 0) is 9.47 Å². The van der Waals surface area contributed by atoms with E-state index in [0.29, 0.717) is 35.1 Å². The molecule has 0 radical (unpaired) electrons. The molecule has 1 aromatic carbocycles. The van der Waals surface area contributed by atoms with Gasteiger partial charge in [-0.2, -0.15) is 0 Å². The fourth-order valence-corrected chi connectivity index (χ4v) is 2.01. The van der Waals surface area contributed by atoms with Crippen molar-refractivity contribution >= 4 is 28.9 Å². The van der Waals surface area contributed by atoms with Crippen molar-refractivity contribution in [2.24, 2.45) is 0 Å². The van der Waals surface area contributed by atoms with Crippen LogP contribution in [0, 0.1) is 0 Å². The molecule has 20 heavy (non-hydrogen) atoms. The number of rotatable bonds is 8. The Labute approximate surface area is 124 Å². The molecule has 0 atom stereocenters. The molecule has 112 valence electrons. The van der Waals surface area contributed by atoms with Gasteiger partial charge >= 0.3 is 5.97 Å². The number of halogens is 1. The highest BCUT2D eigenvalue weighted by atomic mass is 35.5. The smallest absolute Gasteiger partial charge is 0.340 e. The number of carbonyl (C=O) groups is 1. The molecule has 5 nitrogen and oxygen atoms in total. The zero-order valence-corrected chi connectivity index (χ0v) is 12.6. The molecule has 0 saturated heterocycles. The average molecular weight is 301 g/mol. The maximum atomic E-state index is 11.7. The zero-order valence-electron chi connectivity index (χ0n) is 11.9. The van der Waals surface area contributed by atoms with Crippen molar-refractivity contribution in [3.05, 3.63) is 22.7 Å². The summed E-state index contributed by atoms with van der Waals surface area (Å²) in [6.07, 6.45) is 1.82. The SMILES string of the molecule is CCCOCCCNc1c(Cl)cc(N)cc1C(=O)OC. The molecule has 0 aliphatic heterocycles. The topological polar surface area (TPSA) is 73.6 Å². The highest BCUT2D eigenvalue weighted by Crippen LogP contribution is 2.29. The quantitative estimate of drug-likeness (QED) is 0.439. The van der Waals surface area contributed by atoms with Gasteiger partial charge in [-0.15, -0.1) is 0 Å². The summed E-state index contributed by atoms with van der Waals surface area (Å²) in [6, 6.07) is 3.15. The van der Waals surface area contributed by atoms with E-state index in [0.717, 1.165) is 19.4 Å². The fourth-order valence-electron chi connectivity index (χ4n) is 1.71. The molecule has 0 aliphatic carbocycles. The van der Waals surface area contributed by atoms with E-state index >= 15 is 0 Å². The minimum absolute atomic E-state index is 0.340. The number of carbonyl (C=O) groups excluding carboxylic acids is 1. The summed E-state index contributed by atoms with van der Waals surface area (Å²) in [4.78, 5) is 11.7. The van der Waals surface area contributed by atoms with Crippen LogP contribution < -0.4 is 11.1 Å². The summed E-state index contributed by atoms with van der Waals surface area (Å²) in [6.45, 7) is 4.14. The van der Waals surface area contributed by atoms with Gasteiger partial charge < -0.3 is 20.5 Å². The number of hydrogen-bond acceptors (Lipinski definition) is 5. The van der Waals surface area contributed by atoms with Gasteiger partial charge in [0.1, 0.15) is 0 Å². The molecule has 0 spiro atoms. The van der Waals surface area contributed by atoms with Crippen molar-refractivity contribution in [1.82, 2.24) is 0 Å². The van der Waals surface area contributed by atoms with Crippen molar-refractivity contribution in [3.63, 3.8) is 0 Å². The number of anilines is 2. The maximum Gasteiger partial charge on any atom is 0.340 e. The standard InChI is InChI=1S/C14H21ClN2O3/c1-3-6-20-7-4-5-17-13-11(14(18)19-2)8-10(16)9-12(13)15/h8-9,17H,3-7,16H2,1-2H3. The number of nitrogens with one attached hydrogen (secondary N) is 1. The average Bonchev–Trinajstić information content (AvgIpc) is 2.43. The van der Waals surface area contributed by atoms with Crippen molar-refractivity contribution in [1.29, 1.82) is 0 Å². The highest BCUT2D eigenvalue weighted by molar-refractivity contribution is 6.34. The number of benzene rings is 1. The normalized spacial score (nSPS) is 10.3. The van der Waals surface area contributed by atoms with Crippen LogP contribution in [0.5, 0.6) is 0 Å². The van der Waals surface area contributed by atoms with Gasteiger partial charge in [0, 0.05) is 25.4 Å². The number of hydrogen-bond donors (Lipinski definition) is 2. The Bertz CT molecular complexity index is 452. The van der Waals surface area contributed by atoms with E-state index in [4.69, 9.17) is 26.8 Å². The van der Waals surface area contributed by atoms with Gasteiger partial charge in [0.25, 0.3) is 0 Å². The molecule has 6 heteroatoms. The molecule has 0 fully saturated rings. The molecule has 0 aliphatic rings. The van der Waals surface area contributed by atoms with Crippen LogP contribution >= 0.6 is 11.6 Å². The molecular weight excluding hydrogens is 280 g/mol. The van der Waals surface area contributed by atoms with E-state index in [1.54, 1.807) is 12.1 Å². The lowest BCUT2D eigenvalue weighted by Crippen LogP contribution is -2.12. The van der Waals surface area contributed by atoms with E-state index < -0.39 is 5.97 Å². The predicted octanol–water partition coefficient (Wildman–Crippen LogP) is 2.94. The van der Waals surface area contributed by atoms with Crippen LogP contribution in [0.1, 0.15) is 30.1 Å². The lowest BCUT2D eigenvalue weighted by Gasteiger charge is -2.13. The highest BCUT2D eigenvalue weighted by Gasteiger charge is 2.15. The third kappa shape index (κ3) is 4.90. The zero-order chi connectivity index (χ0) is 15.0. The second-order valence-corrected chi connectivity index (χ2v) is 4.72. The monoisotopic (exact) mass is 300 g/mol. The number of esters is 1. The van der Waals surface area contributed by atoms with Crippen molar-refractivity contribution in [2.45, 2.75) is 19.8 Å². The first-order valence-electron chi connectivity index (χ1n) is 6.59. The summed E-state index contributed by atoms with van der Waals surface area (Å²) in [5, 5.41) is 3.54. The molecule has 0 aromatic heterocycles. The minimum Gasteiger partial charge on any atom is -0.465 e. The minimum atomic E-state index is -0.469. The summed E-state index contributed by atoms with van der Waals surface area (Å²) >= 11 is 6.12. The molecule has 1 rings (SSSR count). The van der Waals surface area contributed by atoms with Gasteiger partial charge in [0.05, 0.1) is 23.4 Å². The molecule has 1 aromatic rings. The molecule has 0 heterocycles. The van der Waals surface area contributed by atoms with Crippen LogP contribution in [0.4, 0.5) is 11.4 Å². The van der Waals surface area contributed by atoms with Crippen LogP contribution in [0.25, 0.3) is 0 Å². The Morgan fingerprint density at radius 2 is 2.15 bits per heavy atom. The van der Waals surface area contributed by atoms with Crippen molar-refractivity contribution in [3.8, 4) is 0 Å². The van der Waals surface area contributed by atoms with Crippen molar-refractivity contribution in [2.75, 3.05) is 37.9 Å². The third-order valence-electron chi connectivity index (χ3n) is 2.63. The van der Waals surface area contributed by atoms with Gasteiger partial charge in [0.15, 0.2) is 0 Å². The van der Waals surface area contributed by atoms with Gasteiger partial charge in [-0.3, -0.25) is 0 Å². The van der Waals surface area contributed by atoms with Crippen LogP contribution in [0.15, 0.2) is 12.1 Å². The van der Waals surface area contributed by atoms with E-state index in [9.17, 15) is 4.79 Å². The molecule has 0 saturated carbocycles. The van der Waals surface area contributed by atoms with E-state index in [2.05, 4.69) is 12.2 Å². The van der Waals surface area contributed by atoms with E-state index in [1.165, 1.54) is 7.11 Å². The van der Waals surface area contributed by atoms with E-state index in [-0.39, 0.29) is 0 Å². The molecule has 0 unspecified atom stereocenters. The molecule has 0 amide bonds. The van der Waals surface area contributed by atoms with Crippen LogP contribution in [-0.4, -0.2) is 32.8 Å². The Hall–Kier alpha value is -1.46. The summed E-state index contributed by atoms with van der Waals surface area (Å²) < 4.78 is 10.1. The van der Waals surface area contributed by atoms with Gasteiger partial charge in [-0.05, 0) is 25.0 Å². The summed E-state index contributed by atoms with van der Waals surface area (Å²) in [5.74, 6) is -0.469. The largest absolute Gasteiger partial charge is 0.465 e. The lowest BCUT2D eigenvalue weighted by atomic mass is 10.1. The lowest BCUT2D eigenvalue weighted by molar-refractivity contribution is 0.0602. The third-order valence-corrected chi connectivity index (χ3v) is 2.93. The second kappa shape index (κ2) is 8.66. The maximum absolute atomic E-state index is 11.7. The van der Waals surface area contributed by atoms with Crippen LogP contribution in [0.2, 0.25) is 5.02 Å². The first kappa shape index (κ1) is 16.6. The fraction of sp³-hybridized carbons (Fsp3) is 0.500. The molecule has 3 N–H and O–H groups in total. The van der Waals surface area contributed by atoms with E-state index in [1.807, 2.05) is 0 Å².